The van der Waals surface area contributed by atoms with Gasteiger partial charge >= 0.3 is 0 Å². The number of Topliss-reactive ketones (excluding diaryl/α,β-unsaturated/α-hetero) is 4. The van der Waals surface area contributed by atoms with Gasteiger partial charge in [-0.1, -0.05) is 30.3 Å². The van der Waals surface area contributed by atoms with Crippen LogP contribution in [-0.4, -0.2) is 40.5 Å². The molecule has 7 nitrogen and oxygen atoms in total. The molecule has 0 aliphatic heterocycles. The Morgan fingerprint density at radius 3 is 1.31 bits per heavy atom. The quantitative estimate of drug-likeness (QED) is 0.387. The molecule has 2 N–H and O–H groups in total. The van der Waals surface area contributed by atoms with Gasteiger partial charge in [-0.25, -0.2) is 0 Å². The third-order valence-corrected chi connectivity index (χ3v) is 4.87. The zero-order valence-electron chi connectivity index (χ0n) is 17.2. The third kappa shape index (κ3) is 4.73. The Balaban J connectivity index is 1.84. The van der Waals surface area contributed by atoms with Crippen molar-refractivity contribution in [2.75, 3.05) is 7.11 Å². The van der Waals surface area contributed by atoms with E-state index in [2.05, 4.69) is 0 Å². The van der Waals surface area contributed by atoms with Crippen molar-refractivity contribution in [1.29, 1.82) is 0 Å². The number of phenolic OH excluding ortho intramolecular Hbond substituents is 2. The number of ether oxygens (including phenoxy) is 1. The average molecular weight is 432 g/mol. The fourth-order valence-corrected chi connectivity index (χ4v) is 3.29. The minimum atomic E-state index is -0.600. The number of methoxy groups -OCH3 is 1. The number of carbonyl (C=O) groups is 4. The van der Waals surface area contributed by atoms with E-state index >= 15 is 0 Å². The van der Waals surface area contributed by atoms with E-state index in [1.807, 2.05) is 0 Å². The minimum absolute atomic E-state index is 0.0112. The van der Waals surface area contributed by atoms with Crippen molar-refractivity contribution in [3.63, 3.8) is 0 Å². The maximum Gasteiger partial charge on any atom is 0.174 e. The standard InChI is InChI=1S/C25H20O7/c1-32-25-17(23(30)13-21(28)15-7-2-4-11-19(15)26)9-6-10-18(25)24(31)14-22(29)16-8-3-5-12-20(16)27/h2-12,26-27H,13-14H2,1H3. The first-order chi connectivity index (χ1) is 15.3. The minimum Gasteiger partial charge on any atom is -0.507 e. The molecule has 3 aromatic carbocycles. The van der Waals surface area contributed by atoms with Crippen molar-refractivity contribution in [2.24, 2.45) is 0 Å². The van der Waals surface area contributed by atoms with E-state index in [-0.39, 0.29) is 39.5 Å². The molecule has 0 atom stereocenters. The highest BCUT2D eigenvalue weighted by molar-refractivity contribution is 6.18. The van der Waals surface area contributed by atoms with Crippen molar-refractivity contribution in [1.82, 2.24) is 0 Å². The Bertz CT molecular complexity index is 1120. The molecule has 0 amide bonds. The molecule has 7 heteroatoms. The van der Waals surface area contributed by atoms with Crippen molar-refractivity contribution >= 4 is 23.1 Å². The van der Waals surface area contributed by atoms with Crippen LogP contribution in [0.25, 0.3) is 0 Å². The smallest absolute Gasteiger partial charge is 0.174 e. The highest BCUT2D eigenvalue weighted by atomic mass is 16.5. The van der Waals surface area contributed by atoms with Gasteiger partial charge in [-0.2, -0.15) is 0 Å². The number of rotatable bonds is 9. The number of para-hydroxylation sites is 3. The van der Waals surface area contributed by atoms with Gasteiger partial charge in [-0.05, 0) is 36.4 Å². The zero-order chi connectivity index (χ0) is 23.3. The molecule has 0 unspecified atom stereocenters. The Labute approximate surface area is 183 Å². The molecule has 162 valence electrons. The second-order valence-corrected chi connectivity index (χ2v) is 6.97. The summed E-state index contributed by atoms with van der Waals surface area (Å²) in [5.74, 6) is -2.87. The largest absolute Gasteiger partial charge is 0.507 e. The van der Waals surface area contributed by atoms with E-state index in [9.17, 15) is 29.4 Å². The van der Waals surface area contributed by atoms with E-state index in [1.54, 1.807) is 24.3 Å². The summed E-state index contributed by atoms with van der Waals surface area (Å²) in [5, 5.41) is 19.7. The summed E-state index contributed by atoms with van der Waals surface area (Å²) in [7, 11) is 1.28. The molecule has 0 bridgehead atoms. The van der Waals surface area contributed by atoms with Gasteiger partial charge in [0.2, 0.25) is 0 Å². The number of phenols is 2. The van der Waals surface area contributed by atoms with Crippen LogP contribution in [-0.2, 0) is 0 Å². The van der Waals surface area contributed by atoms with Crippen molar-refractivity contribution < 1.29 is 34.1 Å². The second kappa shape index (κ2) is 9.70. The predicted molar refractivity (Wildman–Crippen MR) is 116 cm³/mol. The normalized spacial score (nSPS) is 10.4. The lowest BCUT2D eigenvalue weighted by atomic mass is 9.95. The Hall–Kier alpha value is -4.26. The van der Waals surface area contributed by atoms with Gasteiger partial charge < -0.3 is 14.9 Å². The van der Waals surface area contributed by atoms with Crippen LogP contribution in [0.2, 0.25) is 0 Å². The van der Waals surface area contributed by atoms with Crippen LogP contribution in [0.4, 0.5) is 0 Å². The molecule has 0 heterocycles. The Morgan fingerprint density at radius 1 is 0.594 bits per heavy atom. The first kappa shape index (κ1) is 22.4. The molecule has 0 radical (unpaired) electrons. The lowest BCUT2D eigenvalue weighted by Crippen LogP contribution is -2.14. The number of aromatic hydroxyl groups is 2. The summed E-state index contributed by atoms with van der Waals surface area (Å²) < 4.78 is 5.28. The molecular weight excluding hydrogens is 412 g/mol. The van der Waals surface area contributed by atoms with E-state index in [4.69, 9.17) is 4.74 Å². The fraction of sp³-hybridized carbons (Fsp3) is 0.120. The van der Waals surface area contributed by atoms with E-state index in [1.165, 1.54) is 49.6 Å². The predicted octanol–water partition coefficient (Wildman–Crippen LogP) is 4.02. The molecule has 0 spiro atoms. The maximum atomic E-state index is 12.8. The highest BCUT2D eigenvalue weighted by Crippen LogP contribution is 2.28. The van der Waals surface area contributed by atoms with Gasteiger partial charge in [-0.3, -0.25) is 19.2 Å². The molecule has 0 aliphatic carbocycles. The van der Waals surface area contributed by atoms with Crippen molar-refractivity contribution in [3.05, 3.63) is 89.0 Å². The first-order valence-corrected chi connectivity index (χ1v) is 9.69. The number of ketones is 4. The van der Waals surface area contributed by atoms with Crippen LogP contribution in [0.1, 0.15) is 54.3 Å². The van der Waals surface area contributed by atoms with Crippen LogP contribution in [0, 0.1) is 0 Å². The van der Waals surface area contributed by atoms with Gasteiger partial charge in [0.1, 0.15) is 17.2 Å². The molecule has 0 saturated carbocycles. The average Bonchev–Trinajstić information content (AvgIpc) is 2.78. The number of hydrogen-bond donors (Lipinski definition) is 2. The van der Waals surface area contributed by atoms with Gasteiger partial charge in [0.15, 0.2) is 23.1 Å². The lowest BCUT2D eigenvalue weighted by molar-refractivity contribution is 0.0880. The van der Waals surface area contributed by atoms with Crippen LogP contribution in [0.15, 0.2) is 66.7 Å². The van der Waals surface area contributed by atoms with Crippen LogP contribution in [0.5, 0.6) is 17.2 Å². The summed E-state index contributed by atoms with van der Waals surface area (Å²) in [6, 6.07) is 16.1. The summed E-state index contributed by atoms with van der Waals surface area (Å²) in [6.45, 7) is 0. The first-order valence-electron chi connectivity index (χ1n) is 9.69. The molecule has 0 aromatic heterocycles. The number of carbonyl (C=O) groups excluding carboxylic acids is 4. The number of benzene rings is 3. The summed E-state index contributed by atoms with van der Waals surface area (Å²) >= 11 is 0. The second-order valence-electron chi connectivity index (χ2n) is 6.97. The molecule has 0 aliphatic rings. The van der Waals surface area contributed by atoms with E-state index in [0.29, 0.717) is 0 Å². The molecule has 3 aromatic rings. The molecular formula is C25H20O7. The lowest BCUT2D eigenvalue weighted by Gasteiger charge is -2.12. The topological polar surface area (TPSA) is 118 Å². The van der Waals surface area contributed by atoms with Gasteiger partial charge in [0.25, 0.3) is 0 Å². The molecule has 0 saturated heterocycles. The van der Waals surface area contributed by atoms with E-state index < -0.39 is 36.0 Å². The SMILES string of the molecule is COc1c(C(=O)CC(=O)c2ccccc2O)cccc1C(=O)CC(=O)c1ccccc1O. The zero-order valence-corrected chi connectivity index (χ0v) is 17.2. The summed E-state index contributed by atoms with van der Waals surface area (Å²) in [5.41, 5.74) is 0.0508. The molecule has 32 heavy (non-hydrogen) atoms. The Morgan fingerprint density at radius 2 is 0.938 bits per heavy atom. The summed E-state index contributed by atoms with van der Waals surface area (Å²) in [6.07, 6.45) is -1.08. The van der Waals surface area contributed by atoms with Crippen molar-refractivity contribution in [2.45, 2.75) is 12.8 Å². The van der Waals surface area contributed by atoms with Crippen molar-refractivity contribution in [3.8, 4) is 17.2 Å². The maximum absolute atomic E-state index is 12.8. The molecule has 3 rings (SSSR count). The summed E-state index contributed by atoms with van der Waals surface area (Å²) in [4.78, 5) is 50.5. The third-order valence-electron chi connectivity index (χ3n) is 4.87. The van der Waals surface area contributed by atoms with Gasteiger partial charge in [0, 0.05) is 0 Å². The van der Waals surface area contributed by atoms with Crippen LogP contribution >= 0.6 is 0 Å². The fourth-order valence-electron chi connectivity index (χ4n) is 3.29. The van der Waals surface area contributed by atoms with Crippen LogP contribution < -0.4 is 4.74 Å². The Kier molecular flexibility index (Phi) is 6.80. The highest BCUT2D eigenvalue weighted by Gasteiger charge is 2.24. The van der Waals surface area contributed by atoms with Gasteiger partial charge in [0.05, 0.1) is 42.2 Å². The van der Waals surface area contributed by atoms with Gasteiger partial charge in [-0.15, -0.1) is 0 Å². The molecule has 0 fully saturated rings. The van der Waals surface area contributed by atoms with E-state index in [0.717, 1.165) is 0 Å². The number of hydrogen-bond acceptors (Lipinski definition) is 7. The van der Waals surface area contributed by atoms with Crippen LogP contribution in [0.3, 0.4) is 0 Å². The monoisotopic (exact) mass is 432 g/mol.